The first-order valence-electron chi connectivity index (χ1n) is 7.13. The number of hydrogen-bond donors (Lipinski definition) is 1. The molecule has 0 amide bonds. The van der Waals surface area contributed by atoms with Crippen LogP contribution in [0.15, 0.2) is 16.5 Å². The Morgan fingerprint density at radius 3 is 2.55 bits per heavy atom. The van der Waals surface area contributed by atoms with Gasteiger partial charge in [0.1, 0.15) is 5.76 Å². The molecule has 1 aromatic rings. The Kier molecular flexibility index (Phi) is 6.75. The molecule has 0 aliphatic carbocycles. The molecule has 0 saturated heterocycles. The Hall–Kier alpha value is -1.33. The predicted octanol–water partition coefficient (Wildman–Crippen LogP) is 2.61. The van der Waals surface area contributed by atoms with Gasteiger partial charge in [-0.25, -0.2) is 4.79 Å². The van der Waals surface area contributed by atoms with Crippen LogP contribution in [0.2, 0.25) is 0 Å². The molecule has 0 spiro atoms. The van der Waals surface area contributed by atoms with Crippen molar-refractivity contribution in [3.8, 4) is 0 Å². The number of hydrogen-bond acceptors (Lipinski definition) is 5. The second-order valence-electron chi connectivity index (χ2n) is 4.80. The SMILES string of the molecule is CCC(CC)N(CCO)C(C)c1ccc(C(=O)OC)o1. The van der Waals surface area contributed by atoms with E-state index >= 15 is 0 Å². The maximum Gasteiger partial charge on any atom is 0.373 e. The van der Waals surface area contributed by atoms with Gasteiger partial charge in [-0.3, -0.25) is 4.90 Å². The number of ether oxygens (including phenoxy) is 1. The molecule has 1 rings (SSSR count). The molecule has 114 valence electrons. The number of carbonyl (C=O) groups excluding carboxylic acids is 1. The summed E-state index contributed by atoms with van der Waals surface area (Å²) in [5.74, 6) is 0.452. The maximum atomic E-state index is 11.4. The fraction of sp³-hybridized carbons (Fsp3) is 0.667. The first-order valence-corrected chi connectivity index (χ1v) is 7.13. The average molecular weight is 283 g/mol. The normalized spacial score (nSPS) is 12.9. The van der Waals surface area contributed by atoms with Crippen LogP contribution in [0, 0.1) is 0 Å². The summed E-state index contributed by atoms with van der Waals surface area (Å²) in [6.45, 7) is 6.97. The Labute approximate surface area is 120 Å². The Morgan fingerprint density at radius 1 is 1.40 bits per heavy atom. The molecule has 0 fully saturated rings. The van der Waals surface area contributed by atoms with Crippen molar-refractivity contribution in [2.24, 2.45) is 0 Å². The van der Waals surface area contributed by atoms with Crippen LogP contribution in [0.3, 0.4) is 0 Å². The zero-order chi connectivity index (χ0) is 15.1. The molecule has 1 aromatic heterocycles. The van der Waals surface area contributed by atoms with Gasteiger partial charge in [-0.05, 0) is 31.9 Å². The summed E-state index contributed by atoms with van der Waals surface area (Å²) in [4.78, 5) is 13.6. The minimum absolute atomic E-state index is 0.00505. The molecule has 1 heterocycles. The first-order chi connectivity index (χ1) is 9.58. The Bertz CT molecular complexity index is 412. The Morgan fingerprint density at radius 2 is 2.05 bits per heavy atom. The highest BCUT2D eigenvalue weighted by Crippen LogP contribution is 2.26. The highest BCUT2D eigenvalue weighted by molar-refractivity contribution is 5.86. The van der Waals surface area contributed by atoms with E-state index in [1.807, 2.05) is 6.92 Å². The molecule has 1 atom stereocenters. The monoisotopic (exact) mass is 283 g/mol. The van der Waals surface area contributed by atoms with Gasteiger partial charge >= 0.3 is 5.97 Å². The van der Waals surface area contributed by atoms with Crippen molar-refractivity contribution in [3.05, 3.63) is 23.7 Å². The number of esters is 1. The van der Waals surface area contributed by atoms with Crippen molar-refractivity contribution in [1.82, 2.24) is 4.90 Å². The summed E-state index contributed by atoms with van der Waals surface area (Å²) < 4.78 is 10.2. The zero-order valence-electron chi connectivity index (χ0n) is 12.8. The van der Waals surface area contributed by atoms with E-state index in [-0.39, 0.29) is 18.4 Å². The quantitative estimate of drug-likeness (QED) is 0.743. The highest BCUT2D eigenvalue weighted by atomic mass is 16.5. The van der Waals surface area contributed by atoms with Crippen molar-refractivity contribution in [2.45, 2.75) is 45.7 Å². The minimum Gasteiger partial charge on any atom is -0.463 e. The molecule has 0 aliphatic heterocycles. The van der Waals surface area contributed by atoms with Gasteiger partial charge in [-0.1, -0.05) is 13.8 Å². The maximum absolute atomic E-state index is 11.4. The summed E-state index contributed by atoms with van der Waals surface area (Å²) in [6.07, 6.45) is 2.01. The number of furan rings is 1. The molecule has 20 heavy (non-hydrogen) atoms. The molecule has 0 saturated carbocycles. The third kappa shape index (κ3) is 3.84. The summed E-state index contributed by atoms with van der Waals surface area (Å²) in [7, 11) is 1.33. The molecule has 0 aliphatic rings. The van der Waals surface area contributed by atoms with E-state index in [1.54, 1.807) is 12.1 Å². The Balaban J connectivity index is 2.91. The van der Waals surface area contributed by atoms with Crippen LogP contribution < -0.4 is 0 Å². The number of carbonyl (C=O) groups is 1. The first kappa shape index (κ1) is 16.7. The molecular weight excluding hydrogens is 258 g/mol. The summed E-state index contributed by atoms with van der Waals surface area (Å²) in [6, 6.07) is 3.81. The van der Waals surface area contributed by atoms with Crippen LogP contribution >= 0.6 is 0 Å². The lowest BCUT2D eigenvalue weighted by atomic mass is 10.1. The van der Waals surface area contributed by atoms with Crippen molar-refractivity contribution < 1.29 is 19.1 Å². The number of aliphatic hydroxyl groups is 1. The zero-order valence-corrected chi connectivity index (χ0v) is 12.8. The molecule has 0 bridgehead atoms. The van der Waals surface area contributed by atoms with E-state index in [1.165, 1.54) is 7.11 Å². The minimum atomic E-state index is -0.473. The second-order valence-corrected chi connectivity index (χ2v) is 4.80. The van der Waals surface area contributed by atoms with Crippen LogP contribution in [0.5, 0.6) is 0 Å². The van der Waals surface area contributed by atoms with Gasteiger partial charge in [-0.2, -0.15) is 0 Å². The van der Waals surface area contributed by atoms with Gasteiger partial charge in [-0.15, -0.1) is 0 Å². The van der Waals surface area contributed by atoms with Gasteiger partial charge in [0.25, 0.3) is 0 Å². The summed E-state index contributed by atoms with van der Waals surface area (Å²) in [5, 5.41) is 9.26. The van der Waals surface area contributed by atoms with Gasteiger partial charge in [0.2, 0.25) is 5.76 Å². The molecular formula is C15H25NO4. The van der Waals surface area contributed by atoms with Crippen LogP contribution in [0.1, 0.15) is 56.0 Å². The third-order valence-electron chi connectivity index (χ3n) is 3.69. The smallest absolute Gasteiger partial charge is 0.373 e. The highest BCUT2D eigenvalue weighted by Gasteiger charge is 2.25. The summed E-state index contributed by atoms with van der Waals surface area (Å²) in [5.41, 5.74) is 0. The van der Waals surface area contributed by atoms with E-state index in [9.17, 15) is 9.90 Å². The molecule has 0 aromatic carbocycles. The molecule has 5 nitrogen and oxygen atoms in total. The fourth-order valence-corrected chi connectivity index (χ4v) is 2.52. The van der Waals surface area contributed by atoms with E-state index in [0.717, 1.165) is 12.8 Å². The number of rotatable bonds is 8. The van der Waals surface area contributed by atoms with E-state index < -0.39 is 5.97 Å². The van der Waals surface area contributed by atoms with Crippen molar-refractivity contribution in [1.29, 1.82) is 0 Å². The number of nitrogens with zero attached hydrogens (tertiary/aromatic N) is 1. The van der Waals surface area contributed by atoms with E-state index in [2.05, 4.69) is 23.5 Å². The topological polar surface area (TPSA) is 62.9 Å². The van der Waals surface area contributed by atoms with Gasteiger partial charge in [0.05, 0.1) is 19.8 Å². The number of aliphatic hydroxyl groups excluding tert-OH is 1. The van der Waals surface area contributed by atoms with Crippen molar-refractivity contribution in [2.75, 3.05) is 20.3 Å². The van der Waals surface area contributed by atoms with E-state index in [0.29, 0.717) is 18.3 Å². The lowest BCUT2D eigenvalue weighted by Gasteiger charge is -2.34. The molecule has 1 unspecified atom stereocenters. The third-order valence-corrected chi connectivity index (χ3v) is 3.69. The predicted molar refractivity (Wildman–Crippen MR) is 76.6 cm³/mol. The largest absolute Gasteiger partial charge is 0.463 e. The van der Waals surface area contributed by atoms with Crippen molar-refractivity contribution in [3.63, 3.8) is 0 Å². The lowest BCUT2D eigenvalue weighted by Crippen LogP contribution is -2.38. The molecule has 1 N–H and O–H groups in total. The fourth-order valence-electron chi connectivity index (χ4n) is 2.52. The van der Waals surface area contributed by atoms with Crippen LogP contribution in [0.4, 0.5) is 0 Å². The average Bonchev–Trinajstić information content (AvgIpc) is 2.95. The summed E-state index contributed by atoms with van der Waals surface area (Å²) >= 11 is 0. The second kappa shape index (κ2) is 8.07. The van der Waals surface area contributed by atoms with E-state index in [4.69, 9.17) is 4.42 Å². The van der Waals surface area contributed by atoms with Crippen LogP contribution in [-0.2, 0) is 4.74 Å². The molecule has 0 radical (unpaired) electrons. The molecule has 5 heteroatoms. The van der Waals surface area contributed by atoms with Gasteiger partial charge in [0.15, 0.2) is 0 Å². The standard InChI is InChI=1S/C15H25NO4/c1-5-12(6-2)16(9-10-17)11(3)13-7-8-14(20-13)15(18)19-4/h7-8,11-12,17H,5-6,9-10H2,1-4H3. The number of methoxy groups -OCH3 is 1. The van der Waals surface area contributed by atoms with Crippen LogP contribution in [0.25, 0.3) is 0 Å². The lowest BCUT2D eigenvalue weighted by molar-refractivity contribution is 0.0550. The van der Waals surface area contributed by atoms with Gasteiger partial charge < -0.3 is 14.3 Å². The van der Waals surface area contributed by atoms with Crippen molar-refractivity contribution >= 4 is 5.97 Å². The van der Waals surface area contributed by atoms with Gasteiger partial charge in [0, 0.05) is 12.6 Å². The van der Waals surface area contributed by atoms with Crippen LogP contribution in [-0.4, -0.2) is 42.3 Å².